The zero-order valence-electron chi connectivity index (χ0n) is 10.2. The summed E-state index contributed by atoms with van der Waals surface area (Å²) in [7, 11) is 0. The number of benzene rings is 1. The summed E-state index contributed by atoms with van der Waals surface area (Å²) in [5.74, 6) is 0. The lowest BCUT2D eigenvalue weighted by Gasteiger charge is -2.30. The van der Waals surface area contributed by atoms with Crippen LogP contribution in [0.3, 0.4) is 0 Å². The van der Waals surface area contributed by atoms with Gasteiger partial charge in [-0.25, -0.2) is 0 Å². The molecule has 1 atom stereocenters. The van der Waals surface area contributed by atoms with Crippen LogP contribution in [0.25, 0.3) is 0 Å². The molecule has 3 nitrogen and oxygen atoms in total. The quantitative estimate of drug-likeness (QED) is 0.855. The number of hydrogen-bond acceptors (Lipinski definition) is 3. The van der Waals surface area contributed by atoms with E-state index in [1.54, 1.807) is 0 Å². The maximum atomic E-state index is 5.95. The number of nitrogens with zero attached hydrogens (tertiary/aromatic N) is 1. The fourth-order valence-corrected chi connectivity index (χ4v) is 2.99. The Balaban J connectivity index is 1.69. The molecule has 1 unspecified atom stereocenters. The minimum atomic E-state index is 0.196. The average molecular weight is 232 g/mol. The molecule has 2 aliphatic rings. The van der Waals surface area contributed by atoms with E-state index in [1.807, 2.05) is 0 Å². The van der Waals surface area contributed by atoms with Gasteiger partial charge in [0.1, 0.15) is 0 Å². The summed E-state index contributed by atoms with van der Waals surface area (Å²) < 4.78 is 5.53. The van der Waals surface area contributed by atoms with Crippen molar-refractivity contribution >= 4 is 0 Å². The molecule has 0 aromatic heterocycles. The van der Waals surface area contributed by atoms with Crippen LogP contribution in [0, 0.1) is 5.41 Å². The third kappa shape index (κ3) is 2.10. The molecular weight excluding hydrogens is 212 g/mol. The van der Waals surface area contributed by atoms with Gasteiger partial charge in [-0.05, 0) is 17.5 Å². The third-order valence-electron chi connectivity index (χ3n) is 4.08. The maximum absolute atomic E-state index is 5.95. The first-order valence-corrected chi connectivity index (χ1v) is 6.38. The van der Waals surface area contributed by atoms with Crippen LogP contribution >= 0.6 is 0 Å². The molecule has 0 saturated carbocycles. The van der Waals surface area contributed by atoms with Crippen molar-refractivity contribution < 1.29 is 4.74 Å². The molecule has 2 N–H and O–H groups in total. The van der Waals surface area contributed by atoms with Crippen LogP contribution in [0.15, 0.2) is 24.3 Å². The molecule has 0 amide bonds. The molecule has 1 aromatic rings. The van der Waals surface area contributed by atoms with Gasteiger partial charge in [-0.15, -0.1) is 0 Å². The lowest BCUT2D eigenvalue weighted by Crippen LogP contribution is -2.41. The summed E-state index contributed by atoms with van der Waals surface area (Å²) in [4.78, 5) is 2.51. The van der Waals surface area contributed by atoms with Crippen molar-refractivity contribution in [2.24, 2.45) is 11.1 Å². The van der Waals surface area contributed by atoms with Gasteiger partial charge in [0.05, 0.1) is 6.61 Å². The Morgan fingerprint density at radius 2 is 1.94 bits per heavy atom. The number of fused-ring (bicyclic) bond motifs is 1. The van der Waals surface area contributed by atoms with Gasteiger partial charge in [0, 0.05) is 38.2 Å². The molecule has 3 rings (SSSR count). The molecule has 1 fully saturated rings. The first kappa shape index (κ1) is 11.2. The van der Waals surface area contributed by atoms with Crippen LogP contribution < -0.4 is 5.73 Å². The number of hydrogen-bond donors (Lipinski definition) is 1. The second-order valence-electron chi connectivity index (χ2n) is 5.42. The van der Waals surface area contributed by atoms with Gasteiger partial charge in [-0.3, -0.25) is 4.90 Å². The Labute approximate surface area is 103 Å². The molecule has 0 bridgehead atoms. The van der Waals surface area contributed by atoms with Crippen LogP contribution in [-0.2, 0) is 17.8 Å². The third-order valence-corrected chi connectivity index (χ3v) is 4.08. The second kappa shape index (κ2) is 4.41. The molecule has 0 spiro atoms. The van der Waals surface area contributed by atoms with E-state index in [9.17, 15) is 0 Å². The second-order valence-corrected chi connectivity index (χ2v) is 5.42. The Kier molecular flexibility index (Phi) is 2.90. The van der Waals surface area contributed by atoms with Crippen molar-refractivity contribution in [2.75, 3.05) is 26.3 Å². The maximum Gasteiger partial charge on any atom is 0.0547 e. The predicted molar refractivity (Wildman–Crippen MR) is 67.5 cm³/mol. The van der Waals surface area contributed by atoms with E-state index >= 15 is 0 Å². The average Bonchev–Trinajstić information content (AvgIpc) is 2.95. The minimum absolute atomic E-state index is 0.196. The summed E-state index contributed by atoms with van der Waals surface area (Å²) >= 11 is 0. The summed E-state index contributed by atoms with van der Waals surface area (Å²) in [6.45, 7) is 5.64. The van der Waals surface area contributed by atoms with Crippen LogP contribution in [-0.4, -0.2) is 31.2 Å². The highest BCUT2D eigenvalue weighted by molar-refractivity contribution is 5.30. The van der Waals surface area contributed by atoms with Gasteiger partial charge in [-0.2, -0.15) is 0 Å². The minimum Gasteiger partial charge on any atom is -0.381 e. The first-order valence-electron chi connectivity index (χ1n) is 6.38. The molecule has 1 aromatic carbocycles. The monoisotopic (exact) mass is 232 g/mol. The van der Waals surface area contributed by atoms with Gasteiger partial charge >= 0.3 is 0 Å². The Morgan fingerprint density at radius 1 is 1.24 bits per heavy atom. The van der Waals surface area contributed by atoms with Crippen LogP contribution in [0.5, 0.6) is 0 Å². The van der Waals surface area contributed by atoms with Crippen LogP contribution in [0.4, 0.5) is 0 Å². The largest absolute Gasteiger partial charge is 0.381 e. The Bertz CT molecular complexity index is 374. The van der Waals surface area contributed by atoms with Gasteiger partial charge in [0.15, 0.2) is 0 Å². The molecule has 0 aliphatic carbocycles. The lowest BCUT2D eigenvalue weighted by atomic mass is 9.87. The van der Waals surface area contributed by atoms with E-state index in [0.717, 1.165) is 45.8 Å². The van der Waals surface area contributed by atoms with E-state index in [4.69, 9.17) is 10.5 Å². The Morgan fingerprint density at radius 3 is 2.47 bits per heavy atom. The molecule has 2 aliphatic heterocycles. The molecule has 3 heteroatoms. The fourth-order valence-electron chi connectivity index (χ4n) is 2.99. The zero-order chi connectivity index (χ0) is 11.7. The smallest absolute Gasteiger partial charge is 0.0547 e. The van der Waals surface area contributed by atoms with Gasteiger partial charge in [0.2, 0.25) is 0 Å². The molecule has 2 heterocycles. The van der Waals surface area contributed by atoms with E-state index in [1.165, 1.54) is 11.1 Å². The van der Waals surface area contributed by atoms with Gasteiger partial charge in [0.25, 0.3) is 0 Å². The predicted octanol–water partition coefficient (Wildman–Crippen LogP) is 1.37. The fraction of sp³-hybridized carbons (Fsp3) is 0.571. The molecule has 1 saturated heterocycles. The summed E-state index contributed by atoms with van der Waals surface area (Å²) in [5, 5.41) is 0. The topological polar surface area (TPSA) is 38.5 Å². The highest BCUT2D eigenvalue weighted by atomic mass is 16.5. The van der Waals surface area contributed by atoms with Crippen molar-refractivity contribution in [3.63, 3.8) is 0 Å². The summed E-state index contributed by atoms with van der Waals surface area (Å²) in [6.07, 6.45) is 1.11. The van der Waals surface area contributed by atoms with E-state index < -0.39 is 0 Å². The first-order chi connectivity index (χ1) is 8.31. The van der Waals surface area contributed by atoms with E-state index in [-0.39, 0.29) is 5.41 Å². The molecule has 92 valence electrons. The van der Waals surface area contributed by atoms with Gasteiger partial charge < -0.3 is 10.5 Å². The van der Waals surface area contributed by atoms with Crippen molar-refractivity contribution in [1.29, 1.82) is 0 Å². The number of ether oxygens (including phenoxy) is 1. The summed E-state index contributed by atoms with van der Waals surface area (Å²) in [5.41, 5.74) is 9.08. The van der Waals surface area contributed by atoms with Crippen molar-refractivity contribution in [3.05, 3.63) is 35.4 Å². The normalized spacial score (nSPS) is 28.5. The standard InChI is InChI=1S/C14H20N2O/c15-9-14(5-6-17-11-14)10-16-7-12-3-1-2-4-13(12)8-16/h1-4H,5-11,15H2. The Hall–Kier alpha value is -0.900. The number of rotatable bonds is 3. The zero-order valence-corrected chi connectivity index (χ0v) is 10.2. The van der Waals surface area contributed by atoms with E-state index in [2.05, 4.69) is 29.2 Å². The highest BCUT2D eigenvalue weighted by Crippen LogP contribution is 2.32. The lowest BCUT2D eigenvalue weighted by molar-refractivity contribution is 0.114. The summed E-state index contributed by atoms with van der Waals surface area (Å²) in [6, 6.07) is 8.71. The SMILES string of the molecule is NCC1(CN2Cc3ccccc3C2)CCOC1. The van der Waals surface area contributed by atoms with E-state index in [0.29, 0.717) is 0 Å². The number of nitrogens with two attached hydrogens (primary N) is 1. The molecule has 0 radical (unpaired) electrons. The molecule has 17 heavy (non-hydrogen) atoms. The van der Waals surface area contributed by atoms with Crippen LogP contribution in [0.2, 0.25) is 0 Å². The van der Waals surface area contributed by atoms with Crippen molar-refractivity contribution in [2.45, 2.75) is 19.5 Å². The van der Waals surface area contributed by atoms with Crippen molar-refractivity contribution in [3.8, 4) is 0 Å². The van der Waals surface area contributed by atoms with Crippen LogP contribution in [0.1, 0.15) is 17.5 Å². The molecular formula is C14H20N2O. The van der Waals surface area contributed by atoms with Gasteiger partial charge in [-0.1, -0.05) is 24.3 Å². The van der Waals surface area contributed by atoms with Crippen molar-refractivity contribution in [1.82, 2.24) is 4.90 Å². The highest BCUT2D eigenvalue weighted by Gasteiger charge is 2.36.